The molecule has 1 saturated heterocycles. The van der Waals surface area contributed by atoms with Gasteiger partial charge in [-0.05, 0) is 43.3 Å². The number of hydrogen-bond donors (Lipinski definition) is 2. The van der Waals surface area contributed by atoms with Gasteiger partial charge in [0.2, 0.25) is 10.0 Å². The minimum absolute atomic E-state index is 0.0980. The molecule has 1 aromatic heterocycles. The summed E-state index contributed by atoms with van der Waals surface area (Å²) in [6.45, 7) is 2.66. The van der Waals surface area contributed by atoms with Crippen LogP contribution in [0.2, 0.25) is 0 Å². The quantitative estimate of drug-likeness (QED) is 0.707. The summed E-state index contributed by atoms with van der Waals surface area (Å²) in [6.07, 6.45) is 2.64. The summed E-state index contributed by atoms with van der Waals surface area (Å²) >= 11 is 0. The zero-order chi connectivity index (χ0) is 21.2. The molecule has 0 unspecified atom stereocenters. The van der Waals surface area contributed by atoms with Crippen LogP contribution in [0, 0.1) is 16.6 Å². The zero-order valence-electron chi connectivity index (χ0n) is 16.2. The Kier molecular flexibility index (Phi) is 5.84. The van der Waals surface area contributed by atoms with Crippen LogP contribution in [0.5, 0.6) is 0 Å². The van der Waals surface area contributed by atoms with Gasteiger partial charge in [-0.3, -0.25) is 0 Å². The third-order valence-electron chi connectivity index (χ3n) is 4.67. The molecule has 3 N–H and O–H groups in total. The summed E-state index contributed by atoms with van der Waals surface area (Å²) in [5, 5.41) is 0. The molecule has 0 saturated carbocycles. The highest BCUT2D eigenvalue weighted by Gasteiger charge is 2.34. The van der Waals surface area contributed by atoms with Gasteiger partial charge in [0.25, 0.3) is 0 Å². The van der Waals surface area contributed by atoms with Crippen LogP contribution >= 0.6 is 0 Å². The number of aromatic nitrogens is 1. The number of hydrogen-bond acceptors (Lipinski definition) is 7. The van der Waals surface area contributed by atoms with Gasteiger partial charge in [-0.1, -0.05) is 5.92 Å². The Morgan fingerprint density at radius 1 is 1.10 bits per heavy atom. The molecule has 1 aliphatic heterocycles. The van der Waals surface area contributed by atoms with E-state index in [-0.39, 0.29) is 23.3 Å². The molecule has 2 atom stereocenters. The van der Waals surface area contributed by atoms with E-state index in [1.54, 1.807) is 31.2 Å². The Balaban J connectivity index is 1.86. The van der Waals surface area contributed by atoms with E-state index in [2.05, 4.69) is 16.8 Å². The van der Waals surface area contributed by atoms with Crippen LogP contribution in [0.3, 0.4) is 0 Å². The van der Waals surface area contributed by atoms with E-state index in [1.165, 1.54) is 28.9 Å². The van der Waals surface area contributed by atoms with Crippen molar-refractivity contribution in [3.8, 4) is 11.8 Å². The highest BCUT2D eigenvalue weighted by atomic mass is 32.2. The first-order valence-electron chi connectivity index (χ1n) is 8.87. The molecule has 2 aromatic rings. The number of pyridine rings is 1. The van der Waals surface area contributed by atoms with Gasteiger partial charge < -0.3 is 10.6 Å². The summed E-state index contributed by atoms with van der Waals surface area (Å²) in [4.78, 5) is 6.46. The summed E-state index contributed by atoms with van der Waals surface area (Å²) < 4.78 is 46.9. The predicted octanol–water partition coefficient (Wildman–Crippen LogP) is 1.60. The first-order chi connectivity index (χ1) is 13.6. The number of nitrogens with zero attached hydrogens (tertiary/aromatic N) is 3. The Morgan fingerprint density at radius 2 is 1.76 bits per heavy atom. The highest BCUT2D eigenvalue weighted by Crippen LogP contribution is 2.25. The fourth-order valence-corrected chi connectivity index (χ4v) is 5.21. The molecule has 0 bridgehead atoms. The molecular weight excluding hydrogens is 410 g/mol. The summed E-state index contributed by atoms with van der Waals surface area (Å²) in [6, 6.07) is 9.52. The van der Waals surface area contributed by atoms with E-state index in [0.29, 0.717) is 18.0 Å². The van der Waals surface area contributed by atoms with Gasteiger partial charge in [-0.15, -0.1) is 5.92 Å². The van der Waals surface area contributed by atoms with Crippen LogP contribution < -0.4 is 10.6 Å². The molecule has 8 nitrogen and oxygen atoms in total. The second kappa shape index (κ2) is 8.02. The molecule has 154 valence electrons. The zero-order valence-corrected chi connectivity index (χ0v) is 17.8. The normalized spacial score (nSPS) is 19.8. The minimum Gasteiger partial charge on any atom is -0.384 e. The van der Waals surface area contributed by atoms with E-state index in [1.807, 2.05) is 4.90 Å². The second-order valence-electron chi connectivity index (χ2n) is 6.72. The Hall–Kier alpha value is -2.61. The first kappa shape index (κ1) is 21.1. The lowest BCUT2D eigenvalue weighted by Gasteiger charge is -2.39. The summed E-state index contributed by atoms with van der Waals surface area (Å²) in [5.41, 5.74) is 6.40. The van der Waals surface area contributed by atoms with Gasteiger partial charge in [0.15, 0.2) is 0 Å². The maximum absolute atomic E-state index is 13.0. The average Bonchev–Trinajstić information content (AvgIpc) is 2.68. The number of nitrogen functional groups attached to an aromatic ring is 1. The third kappa shape index (κ3) is 4.53. The monoisotopic (exact) mass is 433 g/mol. The second-order valence-corrected chi connectivity index (χ2v) is 10.8. The van der Waals surface area contributed by atoms with Crippen LogP contribution in [0.1, 0.15) is 6.92 Å². The molecule has 1 aliphatic rings. The van der Waals surface area contributed by atoms with Crippen LogP contribution in [0.15, 0.2) is 52.4 Å². The number of sulfonamides is 1. The number of nitrogens with one attached hydrogen (secondary N) is 1. The number of nitrogens with two attached hydrogens (primary N) is 1. The molecule has 10 heteroatoms. The molecule has 0 aliphatic carbocycles. The molecule has 2 heterocycles. The SMILES string of the molecule is CC#C[C@H]1CN(S(=O)(=O)c2ccc(N)nc2)CCN1c1ccc([S@](C)(=N)=O)cc1. The number of anilines is 2. The van der Waals surface area contributed by atoms with Gasteiger partial charge in [0, 0.05) is 42.7 Å². The fourth-order valence-electron chi connectivity index (χ4n) is 3.17. The summed E-state index contributed by atoms with van der Waals surface area (Å²) in [5.74, 6) is 6.22. The lowest BCUT2D eigenvalue weighted by Crippen LogP contribution is -2.54. The smallest absolute Gasteiger partial charge is 0.244 e. The number of piperazine rings is 1. The van der Waals surface area contributed by atoms with Crippen LogP contribution in [0.25, 0.3) is 0 Å². The van der Waals surface area contributed by atoms with Crippen molar-refractivity contribution in [2.45, 2.75) is 22.8 Å². The minimum atomic E-state index is -3.70. The maximum Gasteiger partial charge on any atom is 0.244 e. The van der Waals surface area contributed by atoms with Crippen molar-refractivity contribution >= 4 is 31.3 Å². The Bertz CT molecular complexity index is 1150. The standard InChI is InChI=1S/C19H23N5O3S2/c1-3-4-16-14-23(29(26,27)18-9-10-19(20)22-13-18)11-12-24(16)15-5-7-17(8-6-15)28(2,21)25/h5-10,13,16,21H,11-12,14H2,1-2H3,(H2,20,22)/t16-,28+/m0/s1. The van der Waals surface area contributed by atoms with Crippen molar-refractivity contribution in [2.24, 2.45) is 0 Å². The van der Waals surface area contributed by atoms with Crippen LogP contribution in [-0.2, 0) is 19.8 Å². The van der Waals surface area contributed by atoms with Gasteiger partial charge in [0.1, 0.15) is 16.8 Å². The number of rotatable bonds is 4. The van der Waals surface area contributed by atoms with Crippen molar-refractivity contribution < 1.29 is 12.6 Å². The molecule has 0 spiro atoms. The van der Waals surface area contributed by atoms with Gasteiger partial charge >= 0.3 is 0 Å². The summed E-state index contributed by atoms with van der Waals surface area (Å²) in [7, 11) is -6.49. The van der Waals surface area contributed by atoms with Crippen molar-refractivity contribution in [1.82, 2.24) is 9.29 Å². The average molecular weight is 434 g/mol. The van der Waals surface area contributed by atoms with Crippen molar-refractivity contribution in [2.75, 3.05) is 36.5 Å². The molecule has 1 fully saturated rings. The molecule has 0 radical (unpaired) electrons. The van der Waals surface area contributed by atoms with Crippen LogP contribution in [-0.4, -0.2) is 53.8 Å². The maximum atomic E-state index is 13.0. The molecule has 1 aromatic carbocycles. The highest BCUT2D eigenvalue weighted by molar-refractivity contribution is 7.91. The largest absolute Gasteiger partial charge is 0.384 e. The molecule has 0 amide bonds. The van der Waals surface area contributed by atoms with Gasteiger partial charge in [-0.25, -0.2) is 22.4 Å². The van der Waals surface area contributed by atoms with Crippen molar-refractivity contribution in [3.63, 3.8) is 0 Å². The fraction of sp³-hybridized carbons (Fsp3) is 0.316. The van der Waals surface area contributed by atoms with Crippen LogP contribution in [0.4, 0.5) is 11.5 Å². The van der Waals surface area contributed by atoms with E-state index in [0.717, 1.165) is 5.69 Å². The van der Waals surface area contributed by atoms with E-state index < -0.39 is 19.8 Å². The predicted molar refractivity (Wildman–Crippen MR) is 113 cm³/mol. The Morgan fingerprint density at radius 3 is 2.31 bits per heavy atom. The van der Waals surface area contributed by atoms with Crippen molar-refractivity contribution in [3.05, 3.63) is 42.6 Å². The molecular formula is C19H23N5O3S2. The van der Waals surface area contributed by atoms with E-state index >= 15 is 0 Å². The van der Waals surface area contributed by atoms with E-state index in [9.17, 15) is 12.6 Å². The lowest BCUT2D eigenvalue weighted by atomic mass is 10.1. The number of benzene rings is 1. The van der Waals surface area contributed by atoms with E-state index in [4.69, 9.17) is 10.5 Å². The van der Waals surface area contributed by atoms with Gasteiger partial charge in [0.05, 0.1) is 9.73 Å². The molecule has 29 heavy (non-hydrogen) atoms. The topological polar surface area (TPSA) is 120 Å². The Labute approximate surface area is 171 Å². The van der Waals surface area contributed by atoms with Crippen molar-refractivity contribution in [1.29, 1.82) is 4.78 Å². The third-order valence-corrected chi connectivity index (χ3v) is 7.69. The molecule has 3 rings (SSSR count). The first-order valence-corrected chi connectivity index (χ1v) is 12.3. The van der Waals surface area contributed by atoms with Gasteiger partial charge in [-0.2, -0.15) is 4.31 Å². The lowest BCUT2D eigenvalue weighted by molar-refractivity contribution is 0.360.